The number of hydrogen-bond acceptors (Lipinski definition) is 9. The monoisotopic (exact) mass is 770 g/mol. The number of hydrogen-bond donors (Lipinski definition) is 1. The van der Waals surface area contributed by atoms with Crippen LogP contribution >= 0.6 is 0 Å². The van der Waals surface area contributed by atoms with Gasteiger partial charge >= 0.3 is 11.9 Å². The highest BCUT2D eigenvalue weighted by atomic mass is 16.7. The lowest BCUT2D eigenvalue weighted by molar-refractivity contribution is -0.168. The fourth-order valence-electron chi connectivity index (χ4n) is 6.82. The lowest BCUT2D eigenvalue weighted by atomic mass is 10.1. The first-order chi connectivity index (χ1) is 26.5. The zero-order valence-corrected chi connectivity index (χ0v) is 35.8. The van der Waals surface area contributed by atoms with E-state index >= 15 is 0 Å². The number of nitrogens with one attached hydrogen (secondary N) is 1. The average molecular weight is 770 g/mol. The van der Waals surface area contributed by atoms with Gasteiger partial charge in [-0.2, -0.15) is 0 Å². The van der Waals surface area contributed by atoms with Crippen molar-refractivity contribution >= 4 is 11.9 Å². The number of esters is 2. The number of unbranched alkanes of at least 4 members (excludes halogenated alkanes) is 20. The minimum atomic E-state index is -0.393. The van der Waals surface area contributed by atoms with Gasteiger partial charge in [0, 0.05) is 58.8 Å². The van der Waals surface area contributed by atoms with E-state index in [1.807, 2.05) is 0 Å². The van der Waals surface area contributed by atoms with E-state index in [2.05, 4.69) is 33.0 Å². The zero-order chi connectivity index (χ0) is 39.2. The Labute approximate surface area is 332 Å². The Morgan fingerprint density at radius 1 is 0.444 bits per heavy atom. The molecule has 1 rings (SSSR count). The van der Waals surface area contributed by atoms with Crippen LogP contribution in [-0.2, 0) is 38.0 Å². The van der Waals surface area contributed by atoms with Crippen LogP contribution in [0.1, 0.15) is 214 Å². The van der Waals surface area contributed by atoms with Gasteiger partial charge in [-0.05, 0) is 25.7 Å². The van der Waals surface area contributed by atoms with Crippen LogP contribution in [0.25, 0.3) is 0 Å². The van der Waals surface area contributed by atoms with Crippen molar-refractivity contribution < 1.29 is 38.0 Å². The Morgan fingerprint density at radius 3 is 1.02 bits per heavy atom. The van der Waals surface area contributed by atoms with E-state index < -0.39 is 12.6 Å². The second kappa shape index (κ2) is 38.6. The number of rotatable bonds is 40. The number of carbonyl (C=O) groups excluding carboxylic acids is 2. The highest BCUT2D eigenvalue weighted by Gasteiger charge is 2.28. The maximum atomic E-state index is 12.9. The predicted octanol–water partition coefficient (Wildman–Crippen LogP) is 11.5. The van der Waals surface area contributed by atoms with E-state index in [9.17, 15) is 9.59 Å². The summed E-state index contributed by atoms with van der Waals surface area (Å²) in [5.41, 5.74) is 0. The molecule has 2 atom stereocenters. The molecule has 1 aliphatic rings. The second-order valence-corrected chi connectivity index (χ2v) is 15.6. The lowest BCUT2D eigenvalue weighted by Crippen LogP contribution is -2.46. The third-order valence-electron chi connectivity index (χ3n) is 10.2. The number of ether oxygens (including phenoxy) is 6. The maximum Gasteiger partial charge on any atom is 0.306 e. The Hall–Kier alpha value is -1.26. The molecule has 0 bridgehead atoms. The normalized spacial score (nSPS) is 16.0. The molecule has 1 heterocycles. The molecule has 9 nitrogen and oxygen atoms in total. The molecule has 0 amide bonds. The first kappa shape index (κ1) is 50.8. The molecule has 1 saturated heterocycles. The van der Waals surface area contributed by atoms with Crippen LogP contribution in [-0.4, -0.2) is 76.2 Å². The molecule has 0 unspecified atom stereocenters. The molecule has 1 N–H and O–H groups in total. The topological polar surface area (TPSA) is 102 Å². The van der Waals surface area contributed by atoms with Crippen molar-refractivity contribution in [3.8, 4) is 0 Å². The van der Waals surface area contributed by atoms with Crippen molar-refractivity contribution in [2.45, 2.75) is 239 Å². The summed E-state index contributed by atoms with van der Waals surface area (Å²) in [4.78, 5) is 25.9. The van der Waals surface area contributed by atoms with E-state index in [4.69, 9.17) is 28.4 Å². The van der Waals surface area contributed by atoms with Gasteiger partial charge in [0.1, 0.15) is 12.2 Å². The van der Waals surface area contributed by atoms with Crippen LogP contribution in [0.2, 0.25) is 0 Å². The molecule has 0 aromatic heterocycles. The fraction of sp³-hybridized carbons (Fsp3) is 0.956. The molecule has 9 heteroatoms. The summed E-state index contributed by atoms with van der Waals surface area (Å²) in [6, 6.07) is 0. The summed E-state index contributed by atoms with van der Waals surface area (Å²) in [6.45, 7) is 12.6. The highest BCUT2D eigenvalue weighted by Crippen LogP contribution is 2.17. The summed E-state index contributed by atoms with van der Waals surface area (Å²) < 4.78 is 36.1. The standard InChI is InChI=1S/C45H87NO8/c1-5-9-13-17-21-25-33-49-44(50-34-26-22-18-14-10-6-2)31-29-42(47)53-40-37-41(39-46-38-40)54-43(48)30-32-45(51-35-27-23-19-15-11-7-3)52-36-28-24-20-16-12-8-4/h40-41,44-46H,5-39H2,1-4H3/t40-,41-/m0/s1. The first-order valence-corrected chi connectivity index (χ1v) is 23.1. The molecule has 1 aliphatic heterocycles. The third kappa shape index (κ3) is 31.9. The van der Waals surface area contributed by atoms with Crippen molar-refractivity contribution in [3.63, 3.8) is 0 Å². The van der Waals surface area contributed by atoms with Crippen LogP contribution in [0.4, 0.5) is 0 Å². The minimum Gasteiger partial charge on any atom is -0.461 e. The van der Waals surface area contributed by atoms with E-state index in [0.717, 1.165) is 51.4 Å². The summed E-state index contributed by atoms with van der Waals surface area (Å²) in [5, 5.41) is 3.28. The first-order valence-electron chi connectivity index (χ1n) is 23.1. The van der Waals surface area contributed by atoms with Gasteiger partial charge in [0.2, 0.25) is 0 Å². The van der Waals surface area contributed by atoms with Crippen LogP contribution < -0.4 is 5.32 Å². The van der Waals surface area contributed by atoms with Crippen molar-refractivity contribution in [1.82, 2.24) is 5.32 Å². The van der Waals surface area contributed by atoms with E-state index in [-0.39, 0.29) is 37.0 Å². The second-order valence-electron chi connectivity index (χ2n) is 15.6. The maximum absolute atomic E-state index is 12.9. The number of carbonyl (C=O) groups is 2. The SMILES string of the molecule is CCCCCCCCOC(CCC(=O)O[C@@H]1CNC[C@@H](OC(=O)CCC(OCCCCCCCC)OCCCCCCCC)C1)OCCCCCCCC. The van der Waals surface area contributed by atoms with E-state index in [0.29, 0.717) is 58.8 Å². The van der Waals surface area contributed by atoms with Crippen LogP contribution in [0.5, 0.6) is 0 Å². The van der Waals surface area contributed by atoms with Crippen molar-refractivity contribution in [1.29, 1.82) is 0 Å². The molecule has 54 heavy (non-hydrogen) atoms. The zero-order valence-electron chi connectivity index (χ0n) is 35.8. The molecule has 0 saturated carbocycles. The van der Waals surface area contributed by atoms with Crippen LogP contribution in [0, 0.1) is 0 Å². The predicted molar refractivity (Wildman–Crippen MR) is 221 cm³/mol. The Kier molecular flexibility index (Phi) is 36.3. The molecular formula is C45H87NO8. The third-order valence-corrected chi connectivity index (χ3v) is 10.2. The van der Waals surface area contributed by atoms with Crippen LogP contribution in [0.15, 0.2) is 0 Å². The molecule has 0 aromatic carbocycles. The van der Waals surface area contributed by atoms with Gasteiger partial charge in [0.05, 0.1) is 12.8 Å². The molecular weight excluding hydrogens is 682 g/mol. The quantitative estimate of drug-likeness (QED) is 0.0371. The van der Waals surface area contributed by atoms with Gasteiger partial charge in [0.25, 0.3) is 0 Å². The van der Waals surface area contributed by atoms with Crippen molar-refractivity contribution in [3.05, 3.63) is 0 Å². The van der Waals surface area contributed by atoms with Crippen molar-refractivity contribution in [2.24, 2.45) is 0 Å². The molecule has 1 fully saturated rings. The van der Waals surface area contributed by atoms with Crippen molar-refractivity contribution in [2.75, 3.05) is 39.5 Å². The molecule has 0 aromatic rings. The van der Waals surface area contributed by atoms with Gasteiger partial charge < -0.3 is 33.7 Å². The summed E-state index contributed by atoms with van der Waals surface area (Å²) in [6.07, 6.45) is 29.3. The van der Waals surface area contributed by atoms with Crippen LogP contribution in [0.3, 0.4) is 0 Å². The number of piperidine rings is 1. The van der Waals surface area contributed by atoms with Gasteiger partial charge in [-0.1, -0.05) is 156 Å². The fourth-order valence-corrected chi connectivity index (χ4v) is 6.82. The molecule has 0 spiro atoms. The molecule has 0 aliphatic carbocycles. The lowest BCUT2D eigenvalue weighted by Gasteiger charge is -2.30. The Balaban J connectivity index is 2.47. The Bertz CT molecular complexity index is 729. The van der Waals surface area contributed by atoms with Gasteiger partial charge in [-0.25, -0.2) is 0 Å². The molecule has 320 valence electrons. The summed E-state index contributed by atoms with van der Waals surface area (Å²) in [7, 11) is 0. The molecule has 0 radical (unpaired) electrons. The average Bonchev–Trinajstić information content (AvgIpc) is 3.17. The summed E-state index contributed by atoms with van der Waals surface area (Å²) in [5.74, 6) is -0.532. The van der Waals surface area contributed by atoms with E-state index in [1.165, 1.54) is 103 Å². The minimum absolute atomic E-state index is 0.234. The highest BCUT2D eigenvalue weighted by molar-refractivity contribution is 5.70. The smallest absolute Gasteiger partial charge is 0.306 e. The largest absolute Gasteiger partial charge is 0.461 e. The van der Waals surface area contributed by atoms with E-state index in [1.54, 1.807) is 0 Å². The Morgan fingerprint density at radius 2 is 0.722 bits per heavy atom. The van der Waals surface area contributed by atoms with Gasteiger partial charge in [-0.15, -0.1) is 0 Å². The van der Waals surface area contributed by atoms with Gasteiger partial charge in [-0.3, -0.25) is 9.59 Å². The summed E-state index contributed by atoms with van der Waals surface area (Å²) >= 11 is 0. The van der Waals surface area contributed by atoms with Gasteiger partial charge in [0.15, 0.2) is 12.6 Å².